The molecule has 1 N–H and O–H groups in total. The van der Waals surface area contributed by atoms with Crippen LogP contribution in [-0.4, -0.2) is 38.1 Å². The number of benzene rings is 1. The fourth-order valence-corrected chi connectivity index (χ4v) is 7.33. The molecule has 0 fully saturated rings. The van der Waals surface area contributed by atoms with Gasteiger partial charge in [0, 0.05) is 0 Å². The predicted octanol–water partition coefficient (Wildman–Crippen LogP) is 14.1. The van der Waals surface area contributed by atoms with E-state index in [4.69, 9.17) is 9.47 Å². The van der Waals surface area contributed by atoms with Crippen molar-refractivity contribution in [2.24, 2.45) is 0 Å². The molecule has 1 rings (SSSR count). The number of rotatable bonds is 37. The van der Waals surface area contributed by atoms with Crippen LogP contribution in [0.15, 0.2) is 47.4 Å². The van der Waals surface area contributed by atoms with Crippen LogP contribution in [0, 0.1) is 0 Å². The molecular weight excluding hydrogens is 697 g/mol. The van der Waals surface area contributed by atoms with Crippen molar-refractivity contribution in [2.45, 2.75) is 211 Å². The van der Waals surface area contributed by atoms with Crippen molar-refractivity contribution >= 4 is 22.1 Å². The van der Waals surface area contributed by atoms with Crippen molar-refractivity contribution in [3.8, 4) is 0 Å². The van der Waals surface area contributed by atoms with Gasteiger partial charge in [0.1, 0.15) is 0 Å². The van der Waals surface area contributed by atoms with Gasteiger partial charge in [-0.15, -0.1) is 0 Å². The van der Waals surface area contributed by atoms with E-state index in [0.717, 1.165) is 50.7 Å². The van der Waals surface area contributed by atoms with Gasteiger partial charge in [-0.05, 0) is 70.6 Å². The minimum atomic E-state index is -4.56. The molecule has 0 saturated heterocycles. The number of allylic oxidation sites excluding steroid dienone is 4. The van der Waals surface area contributed by atoms with Crippen LogP contribution in [0.3, 0.4) is 0 Å². The van der Waals surface area contributed by atoms with Gasteiger partial charge in [0.25, 0.3) is 10.1 Å². The Morgan fingerprint density at radius 1 is 0.481 bits per heavy atom. The van der Waals surface area contributed by atoms with Crippen LogP contribution in [0.5, 0.6) is 0 Å². The SMILES string of the molecule is C/C=C/CCCCCCCCCCCCCCCCOC(=O)c1ccc(S(=O)(=O)O)cc1C(=O)OCCCCCCCCCCCCCCCC/C=C/C. The van der Waals surface area contributed by atoms with Gasteiger partial charge in [-0.1, -0.05) is 178 Å². The third-order valence-corrected chi connectivity index (χ3v) is 11.0. The summed E-state index contributed by atoms with van der Waals surface area (Å²) in [6, 6.07) is 3.31. The van der Waals surface area contributed by atoms with Gasteiger partial charge in [0.2, 0.25) is 0 Å². The zero-order chi connectivity index (χ0) is 39.4. The Kier molecular flexibility index (Phi) is 32.1. The maximum Gasteiger partial charge on any atom is 0.339 e. The number of carbonyl (C=O) groups excluding carboxylic acids is 2. The number of esters is 2. The predicted molar refractivity (Wildman–Crippen MR) is 225 cm³/mol. The van der Waals surface area contributed by atoms with Crippen LogP contribution in [0.25, 0.3) is 0 Å². The number of ether oxygens (including phenoxy) is 2. The molecule has 0 radical (unpaired) electrons. The summed E-state index contributed by atoms with van der Waals surface area (Å²) < 4.78 is 43.9. The molecule has 0 heterocycles. The summed E-state index contributed by atoms with van der Waals surface area (Å²) in [5, 5.41) is 0. The van der Waals surface area contributed by atoms with Crippen molar-refractivity contribution in [1.82, 2.24) is 0 Å². The van der Waals surface area contributed by atoms with Crippen molar-refractivity contribution in [3.05, 3.63) is 53.6 Å². The summed E-state index contributed by atoms with van der Waals surface area (Å²) in [6.07, 6.45) is 45.4. The van der Waals surface area contributed by atoms with Crippen molar-refractivity contribution < 1.29 is 32.0 Å². The second kappa shape index (κ2) is 35.0. The van der Waals surface area contributed by atoms with E-state index in [1.807, 2.05) is 0 Å². The fourth-order valence-electron chi connectivity index (χ4n) is 6.82. The third kappa shape index (κ3) is 28.0. The molecular formula is C46H78O7S. The van der Waals surface area contributed by atoms with Crippen LogP contribution in [0.4, 0.5) is 0 Å². The van der Waals surface area contributed by atoms with E-state index in [1.54, 1.807) is 0 Å². The smallest absolute Gasteiger partial charge is 0.339 e. The van der Waals surface area contributed by atoms with Gasteiger partial charge < -0.3 is 9.47 Å². The molecule has 0 aromatic heterocycles. The van der Waals surface area contributed by atoms with Gasteiger partial charge in [-0.3, -0.25) is 4.55 Å². The monoisotopic (exact) mass is 775 g/mol. The molecule has 0 atom stereocenters. The molecule has 0 spiro atoms. The normalized spacial score (nSPS) is 11.9. The number of carbonyl (C=O) groups is 2. The minimum Gasteiger partial charge on any atom is -0.462 e. The first kappa shape index (κ1) is 49.6. The van der Waals surface area contributed by atoms with E-state index < -0.39 is 27.0 Å². The molecule has 0 amide bonds. The van der Waals surface area contributed by atoms with Gasteiger partial charge in [-0.2, -0.15) is 8.42 Å². The van der Waals surface area contributed by atoms with E-state index in [1.165, 1.54) is 154 Å². The topological polar surface area (TPSA) is 107 Å². The number of hydrogen-bond acceptors (Lipinski definition) is 6. The Bertz CT molecular complexity index is 1240. The van der Waals surface area contributed by atoms with Crippen molar-refractivity contribution in [2.75, 3.05) is 13.2 Å². The second-order valence-electron chi connectivity index (χ2n) is 15.1. The highest BCUT2D eigenvalue weighted by molar-refractivity contribution is 7.85. The molecule has 54 heavy (non-hydrogen) atoms. The van der Waals surface area contributed by atoms with Gasteiger partial charge in [0.05, 0.1) is 29.2 Å². The summed E-state index contributed by atoms with van der Waals surface area (Å²) in [6.45, 7) is 4.57. The van der Waals surface area contributed by atoms with Crippen LogP contribution in [-0.2, 0) is 19.6 Å². The summed E-state index contributed by atoms with van der Waals surface area (Å²) in [4.78, 5) is 25.4. The number of hydrogen-bond donors (Lipinski definition) is 1. The van der Waals surface area contributed by atoms with E-state index in [2.05, 4.69) is 38.2 Å². The quantitative estimate of drug-likeness (QED) is 0.0310. The lowest BCUT2D eigenvalue weighted by atomic mass is 10.0. The number of unbranched alkanes of at least 4 members (excludes halogenated alkanes) is 28. The Morgan fingerprint density at radius 2 is 0.778 bits per heavy atom. The molecule has 0 aliphatic rings. The highest BCUT2D eigenvalue weighted by atomic mass is 32.2. The van der Waals surface area contributed by atoms with Gasteiger partial charge in [0.15, 0.2) is 0 Å². The van der Waals surface area contributed by atoms with E-state index >= 15 is 0 Å². The first-order valence-corrected chi connectivity index (χ1v) is 23.4. The largest absolute Gasteiger partial charge is 0.462 e. The summed E-state index contributed by atoms with van der Waals surface area (Å²) in [5.41, 5.74) is -0.267. The molecule has 1 aromatic carbocycles. The summed E-state index contributed by atoms with van der Waals surface area (Å²) in [7, 11) is -4.56. The maximum absolute atomic E-state index is 13.0. The molecule has 8 heteroatoms. The minimum absolute atomic E-state index is 0.0585. The van der Waals surface area contributed by atoms with Gasteiger partial charge in [-0.25, -0.2) is 9.59 Å². The first-order valence-electron chi connectivity index (χ1n) is 22.0. The summed E-state index contributed by atoms with van der Waals surface area (Å²) >= 11 is 0. The molecule has 0 unspecified atom stereocenters. The lowest BCUT2D eigenvalue weighted by molar-refractivity contribution is 0.0450. The zero-order valence-corrected chi connectivity index (χ0v) is 35.3. The Balaban J connectivity index is 2.20. The van der Waals surface area contributed by atoms with Crippen LogP contribution < -0.4 is 0 Å². The molecule has 7 nitrogen and oxygen atoms in total. The van der Waals surface area contributed by atoms with Crippen LogP contribution in [0.2, 0.25) is 0 Å². The van der Waals surface area contributed by atoms with Gasteiger partial charge >= 0.3 is 11.9 Å². The summed E-state index contributed by atoms with van der Waals surface area (Å²) in [5.74, 6) is -1.50. The van der Waals surface area contributed by atoms with Crippen molar-refractivity contribution in [3.63, 3.8) is 0 Å². The molecule has 0 bridgehead atoms. The Labute approximate surface area is 331 Å². The molecule has 0 aliphatic carbocycles. The van der Waals surface area contributed by atoms with Crippen LogP contribution in [0.1, 0.15) is 227 Å². The molecule has 0 saturated carbocycles. The molecule has 1 aromatic rings. The first-order chi connectivity index (χ1) is 26.3. The lowest BCUT2D eigenvalue weighted by Gasteiger charge is -2.11. The van der Waals surface area contributed by atoms with E-state index in [0.29, 0.717) is 6.42 Å². The molecule has 0 aliphatic heterocycles. The average Bonchev–Trinajstić information content (AvgIpc) is 3.16. The van der Waals surface area contributed by atoms with E-state index in [9.17, 15) is 22.6 Å². The standard InChI is InChI=1S/C46H78O7S/c1-3-5-7-9-11-13-15-17-19-21-23-25-27-29-31-33-35-39-52-45(47)43-38-37-42(54(49,50)51)41-44(43)46(48)53-40-36-34-32-30-28-26-24-22-20-18-16-14-12-10-8-6-4-2/h3-6,37-38,41H,7-36,39-40H2,1-2H3,(H,49,50,51)/b5-3+,6-4+. The second-order valence-corrected chi connectivity index (χ2v) is 16.5. The van der Waals surface area contributed by atoms with E-state index in [-0.39, 0.29) is 24.3 Å². The fraction of sp³-hybridized carbons (Fsp3) is 0.739. The average molecular weight is 775 g/mol. The van der Waals surface area contributed by atoms with Crippen LogP contribution >= 0.6 is 0 Å². The molecule has 310 valence electrons. The zero-order valence-electron chi connectivity index (χ0n) is 34.5. The Morgan fingerprint density at radius 3 is 1.09 bits per heavy atom. The maximum atomic E-state index is 13.0. The highest BCUT2D eigenvalue weighted by Crippen LogP contribution is 2.20. The van der Waals surface area contributed by atoms with Crippen molar-refractivity contribution in [1.29, 1.82) is 0 Å². The highest BCUT2D eigenvalue weighted by Gasteiger charge is 2.23. The third-order valence-electron chi connectivity index (χ3n) is 10.2. The lowest BCUT2D eigenvalue weighted by Crippen LogP contribution is -2.16. The Hall–Kier alpha value is -2.45.